The van der Waals surface area contributed by atoms with E-state index in [0.29, 0.717) is 12.4 Å². The highest BCUT2D eigenvalue weighted by molar-refractivity contribution is 5.81. The summed E-state index contributed by atoms with van der Waals surface area (Å²) >= 11 is 0. The Morgan fingerprint density at radius 3 is 1.79 bits per heavy atom. The predicted octanol–water partition coefficient (Wildman–Crippen LogP) is 4.47. The van der Waals surface area contributed by atoms with Crippen LogP contribution in [0.5, 0.6) is 5.75 Å². The molecule has 1 heterocycles. The molecule has 0 bridgehead atoms. The van der Waals surface area contributed by atoms with Gasteiger partial charge in [-0.2, -0.15) is 0 Å². The first-order chi connectivity index (χ1) is 18.6. The molecule has 0 saturated carbocycles. The van der Waals surface area contributed by atoms with Crippen molar-refractivity contribution in [2.75, 3.05) is 0 Å². The van der Waals surface area contributed by atoms with Gasteiger partial charge in [0.15, 0.2) is 0 Å². The Hall–Kier alpha value is -4.85. The van der Waals surface area contributed by atoms with Crippen LogP contribution < -0.4 is 15.6 Å². The SMILES string of the molecule is O=C(N[C@@H](Cn1ccc(OCc2ccccc2)cc1=O)C(=O)OCc1ccccc1)OCc1ccccc1. The molecule has 0 radical (unpaired) electrons. The number of aromatic nitrogens is 1. The highest BCUT2D eigenvalue weighted by Gasteiger charge is 2.24. The van der Waals surface area contributed by atoms with Gasteiger partial charge >= 0.3 is 12.1 Å². The average Bonchev–Trinajstić information content (AvgIpc) is 2.96. The van der Waals surface area contributed by atoms with Crippen LogP contribution in [0.3, 0.4) is 0 Å². The van der Waals surface area contributed by atoms with E-state index in [4.69, 9.17) is 14.2 Å². The third kappa shape index (κ3) is 8.09. The Kier molecular flexibility index (Phi) is 9.28. The van der Waals surface area contributed by atoms with Gasteiger partial charge in [-0.25, -0.2) is 9.59 Å². The van der Waals surface area contributed by atoms with Crippen molar-refractivity contribution in [1.82, 2.24) is 9.88 Å². The third-order valence-electron chi connectivity index (χ3n) is 5.61. The van der Waals surface area contributed by atoms with Gasteiger partial charge in [-0.15, -0.1) is 0 Å². The molecule has 0 fully saturated rings. The zero-order chi connectivity index (χ0) is 26.6. The minimum atomic E-state index is -1.16. The summed E-state index contributed by atoms with van der Waals surface area (Å²) in [6.45, 7) is 0.226. The Morgan fingerprint density at radius 1 is 0.711 bits per heavy atom. The van der Waals surface area contributed by atoms with Gasteiger partial charge in [0.1, 0.15) is 31.6 Å². The number of carbonyl (C=O) groups is 2. The number of carbonyl (C=O) groups excluding carboxylic acids is 2. The summed E-state index contributed by atoms with van der Waals surface area (Å²) < 4.78 is 17.7. The molecule has 1 N–H and O–H groups in total. The third-order valence-corrected chi connectivity index (χ3v) is 5.61. The first kappa shape index (κ1) is 26.2. The zero-order valence-corrected chi connectivity index (χ0v) is 20.7. The molecule has 0 aliphatic rings. The van der Waals surface area contributed by atoms with Crippen LogP contribution in [0.25, 0.3) is 0 Å². The molecule has 194 valence electrons. The van der Waals surface area contributed by atoms with Crippen LogP contribution in [0, 0.1) is 0 Å². The van der Waals surface area contributed by atoms with Gasteiger partial charge in [0, 0.05) is 12.3 Å². The number of nitrogens with zero attached hydrogens (tertiary/aromatic N) is 1. The summed E-state index contributed by atoms with van der Waals surface area (Å²) in [5.41, 5.74) is 2.17. The molecule has 0 saturated heterocycles. The Labute approximate surface area is 220 Å². The van der Waals surface area contributed by atoms with Crippen molar-refractivity contribution in [3.8, 4) is 5.75 Å². The van der Waals surface area contributed by atoms with Crippen LogP contribution in [0.1, 0.15) is 16.7 Å². The van der Waals surface area contributed by atoms with Crippen molar-refractivity contribution in [2.45, 2.75) is 32.4 Å². The molecule has 3 aromatic carbocycles. The van der Waals surface area contributed by atoms with Gasteiger partial charge in [0.2, 0.25) is 0 Å². The lowest BCUT2D eigenvalue weighted by atomic mass is 10.2. The number of hydrogen-bond acceptors (Lipinski definition) is 6. The highest BCUT2D eigenvalue weighted by Crippen LogP contribution is 2.11. The molecule has 8 heteroatoms. The number of hydrogen-bond donors (Lipinski definition) is 1. The second-order valence-electron chi connectivity index (χ2n) is 8.48. The summed E-state index contributed by atoms with van der Waals surface area (Å²) in [5, 5.41) is 2.53. The Balaban J connectivity index is 1.41. The Bertz CT molecular complexity index is 1370. The number of amides is 1. The summed E-state index contributed by atoms with van der Waals surface area (Å²) in [7, 11) is 0. The van der Waals surface area contributed by atoms with Crippen molar-refractivity contribution in [1.29, 1.82) is 0 Å². The maximum Gasteiger partial charge on any atom is 0.408 e. The van der Waals surface area contributed by atoms with E-state index < -0.39 is 23.7 Å². The molecule has 1 amide bonds. The van der Waals surface area contributed by atoms with Crippen molar-refractivity contribution in [3.63, 3.8) is 0 Å². The highest BCUT2D eigenvalue weighted by atomic mass is 16.6. The Morgan fingerprint density at radius 2 is 1.24 bits per heavy atom. The molecule has 4 aromatic rings. The van der Waals surface area contributed by atoms with E-state index in [1.807, 2.05) is 91.0 Å². The lowest BCUT2D eigenvalue weighted by molar-refractivity contribution is -0.147. The number of ether oxygens (including phenoxy) is 3. The number of esters is 1. The van der Waals surface area contributed by atoms with Crippen molar-refractivity contribution in [2.24, 2.45) is 0 Å². The monoisotopic (exact) mass is 512 g/mol. The van der Waals surface area contributed by atoms with E-state index in [9.17, 15) is 14.4 Å². The van der Waals surface area contributed by atoms with Crippen LogP contribution in [-0.4, -0.2) is 22.7 Å². The molecule has 0 aliphatic heterocycles. The quantitative estimate of drug-likeness (QED) is 0.298. The molecule has 0 aliphatic carbocycles. The molecule has 38 heavy (non-hydrogen) atoms. The minimum Gasteiger partial charge on any atom is -0.489 e. The maximum atomic E-state index is 12.9. The largest absolute Gasteiger partial charge is 0.489 e. The van der Waals surface area contributed by atoms with Gasteiger partial charge in [0.25, 0.3) is 5.56 Å². The number of benzene rings is 3. The van der Waals surface area contributed by atoms with E-state index in [1.54, 1.807) is 6.07 Å². The standard InChI is InChI=1S/C30H28N2O6/c33-28-18-26(36-20-23-10-4-1-5-11-23)16-17-32(28)19-27(29(34)37-21-24-12-6-2-7-13-24)31-30(35)38-22-25-14-8-3-9-15-25/h1-18,27H,19-22H2,(H,31,35)/t27-/m0/s1. The first-order valence-electron chi connectivity index (χ1n) is 12.1. The number of alkyl carbamates (subject to hydrolysis) is 1. The number of pyridine rings is 1. The number of nitrogens with one attached hydrogen (secondary N) is 1. The topological polar surface area (TPSA) is 95.9 Å². The van der Waals surface area contributed by atoms with Gasteiger partial charge in [0.05, 0.1) is 6.54 Å². The molecular weight excluding hydrogens is 484 g/mol. The molecule has 1 aromatic heterocycles. The van der Waals surface area contributed by atoms with E-state index in [1.165, 1.54) is 16.8 Å². The van der Waals surface area contributed by atoms with Crippen LogP contribution in [0.4, 0.5) is 4.79 Å². The van der Waals surface area contributed by atoms with Gasteiger partial charge in [-0.05, 0) is 22.8 Å². The van der Waals surface area contributed by atoms with Crippen LogP contribution >= 0.6 is 0 Å². The lowest BCUT2D eigenvalue weighted by Crippen LogP contribution is -2.46. The van der Waals surface area contributed by atoms with E-state index in [-0.39, 0.29) is 19.8 Å². The van der Waals surface area contributed by atoms with Crippen LogP contribution in [-0.2, 0) is 40.6 Å². The van der Waals surface area contributed by atoms with Crippen LogP contribution in [0.2, 0.25) is 0 Å². The van der Waals surface area contributed by atoms with E-state index in [2.05, 4.69) is 5.32 Å². The molecule has 0 spiro atoms. The fraction of sp³-hybridized carbons (Fsp3) is 0.167. The van der Waals surface area contributed by atoms with Gasteiger partial charge in [-0.1, -0.05) is 91.0 Å². The fourth-order valence-corrected chi connectivity index (χ4v) is 3.58. The van der Waals surface area contributed by atoms with Gasteiger partial charge < -0.3 is 24.1 Å². The predicted molar refractivity (Wildman–Crippen MR) is 141 cm³/mol. The van der Waals surface area contributed by atoms with Gasteiger partial charge in [-0.3, -0.25) is 4.79 Å². The molecule has 0 unspecified atom stereocenters. The minimum absolute atomic E-state index is 0.0259. The van der Waals surface area contributed by atoms with E-state index in [0.717, 1.165) is 16.7 Å². The lowest BCUT2D eigenvalue weighted by Gasteiger charge is -2.19. The first-order valence-corrected chi connectivity index (χ1v) is 12.1. The molecule has 1 atom stereocenters. The second-order valence-corrected chi connectivity index (χ2v) is 8.48. The van der Waals surface area contributed by atoms with E-state index >= 15 is 0 Å². The molecule has 8 nitrogen and oxygen atoms in total. The smallest absolute Gasteiger partial charge is 0.408 e. The molecule has 4 rings (SSSR count). The molecular formula is C30H28N2O6. The maximum absolute atomic E-state index is 12.9. The second kappa shape index (κ2) is 13.5. The van der Waals surface area contributed by atoms with Crippen molar-refractivity contribution < 1.29 is 23.8 Å². The summed E-state index contributed by atoms with van der Waals surface area (Å²) in [6.07, 6.45) is 0.711. The normalized spacial score (nSPS) is 11.3. The van der Waals surface area contributed by atoms with Crippen LogP contribution in [0.15, 0.2) is 114 Å². The number of rotatable bonds is 11. The van der Waals surface area contributed by atoms with Crippen molar-refractivity contribution in [3.05, 3.63) is 136 Å². The fourth-order valence-electron chi connectivity index (χ4n) is 3.58. The summed E-state index contributed by atoms with van der Waals surface area (Å²) in [5.74, 6) is -0.296. The summed E-state index contributed by atoms with van der Waals surface area (Å²) in [6, 6.07) is 29.7. The average molecular weight is 513 g/mol. The van der Waals surface area contributed by atoms with Crippen molar-refractivity contribution >= 4 is 12.1 Å². The summed E-state index contributed by atoms with van der Waals surface area (Å²) in [4.78, 5) is 38.2. The zero-order valence-electron chi connectivity index (χ0n) is 20.7.